The molecule has 0 aliphatic rings. The molecule has 4 N–H and O–H groups in total. The highest BCUT2D eigenvalue weighted by Crippen LogP contribution is 2.33. The summed E-state index contributed by atoms with van der Waals surface area (Å²) in [7, 11) is -2.64. The van der Waals surface area contributed by atoms with E-state index in [0.717, 1.165) is 0 Å². The van der Waals surface area contributed by atoms with E-state index < -0.39 is 19.4 Å². The molecule has 0 aliphatic carbocycles. The molecule has 1 aromatic rings. The predicted octanol–water partition coefficient (Wildman–Crippen LogP) is -0.965. The van der Waals surface area contributed by atoms with Gasteiger partial charge in [-0.1, -0.05) is 0 Å². The zero-order chi connectivity index (χ0) is 15.2. The van der Waals surface area contributed by atoms with Crippen LogP contribution in [-0.4, -0.2) is 51.9 Å². The molecule has 9 nitrogen and oxygen atoms in total. The Hall–Kier alpha value is -1.25. The molecule has 0 aliphatic heterocycles. The highest BCUT2D eigenvalue weighted by Gasteiger charge is 2.16. The van der Waals surface area contributed by atoms with E-state index >= 15 is 0 Å². The van der Waals surface area contributed by atoms with Crippen molar-refractivity contribution in [2.45, 2.75) is 12.6 Å². The summed E-state index contributed by atoms with van der Waals surface area (Å²) in [6.07, 6.45) is 0.566. The summed E-state index contributed by atoms with van der Waals surface area (Å²) in [5, 5.41) is 0. The van der Waals surface area contributed by atoms with Gasteiger partial charge < -0.3 is 25.0 Å². The lowest BCUT2D eigenvalue weighted by Crippen LogP contribution is -2.33. The lowest BCUT2D eigenvalue weighted by atomic mass is 10.3. The maximum absolute atomic E-state index is 11.6. The number of nitrogens with two attached hydrogens (primary N) is 1. The molecular formula is C10H18N3O6P. The smallest absolute Gasteiger partial charge is 0.349 e. The summed E-state index contributed by atoms with van der Waals surface area (Å²) >= 11 is 0. The molecule has 1 atom stereocenters. The molecule has 1 aromatic heterocycles. The van der Waals surface area contributed by atoms with Gasteiger partial charge in [0.05, 0.1) is 32.0 Å². The zero-order valence-corrected chi connectivity index (χ0v) is 11.9. The third-order valence-electron chi connectivity index (χ3n) is 2.38. The quantitative estimate of drug-likeness (QED) is 0.522. The summed E-state index contributed by atoms with van der Waals surface area (Å²) in [5.41, 5.74) is 4.85. The monoisotopic (exact) mass is 307 g/mol. The van der Waals surface area contributed by atoms with Gasteiger partial charge in [0.25, 0.3) is 0 Å². The second-order valence-electron chi connectivity index (χ2n) is 4.12. The van der Waals surface area contributed by atoms with E-state index in [1.807, 2.05) is 0 Å². The van der Waals surface area contributed by atoms with Crippen molar-refractivity contribution in [3.8, 4) is 0 Å². The number of ether oxygens (including phenoxy) is 2. The molecule has 20 heavy (non-hydrogen) atoms. The molecule has 0 spiro atoms. The Morgan fingerprint density at radius 1 is 1.55 bits per heavy atom. The maximum Gasteiger partial charge on any atom is 0.349 e. The van der Waals surface area contributed by atoms with Crippen LogP contribution < -0.4 is 11.4 Å². The summed E-state index contributed by atoms with van der Waals surface area (Å²) in [6.45, 7) is 0.203. The minimum Gasteiger partial charge on any atom is -0.383 e. The van der Waals surface area contributed by atoms with Crippen LogP contribution in [0.1, 0.15) is 0 Å². The van der Waals surface area contributed by atoms with E-state index in [-0.39, 0.29) is 31.7 Å². The van der Waals surface area contributed by atoms with Crippen molar-refractivity contribution in [3.05, 3.63) is 22.7 Å². The lowest BCUT2D eigenvalue weighted by molar-refractivity contribution is -0.00590. The normalized spacial score (nSPS) is 13.3. The summed E-state index contributed by atoms with van der Waals surface area (Å²) < 4.78 is 22.3. The topological polar surface area (TPSA) is 137 Å². The van der Waals surface area contributed by atoms with Crippen molar-refractivity contribution >= 4 is 13.4 Å². The molecule has 1 heterocycles. The molecule has 0 saturated heterocycles. The van der Waals surface area contributed by atoms with Gasteiger partial charge in [-0.05, 0) is 6.07 Å². The van der Waals surface area contributed by atoms with Crippen LogP contribution in [0.5, 0.6) is 0 Å². The first-order chi connectivity index (χ1) is 9.31. The van der Waals surface area contributed by atoms with Crippen LogP contribution in [0.2, 0.25) is 0 Å². The fourth-order valence-electron chi connectivity index (χ4n) is 1.48. The number of anilines is 1. The van der Waals surface area contributed by atoms with Gasteiger partial charge in [0.15, 0.2) is 0 Å². The van der Waals surface area contributed by atoms with Gasteiger partial charge in [0.2, 0.25) is 0 Å². The summed E-state index contributed by atoms with van der Waals surface area (Å²) in [5.74, 6) is 0.122. The highest BCUT2D eigenvalue weighted by molar-refractivity contribution is 7.51. The zero-order valence-electron chi connectivity index (χ0n) is 11.0. The van der Waals surface area contributed by atoms with Crippen LogP contribution in [0.15, 0.2) is 17.1 Å². The van der Waals surface area contributed by atoms with E-state index in [1.54, 1.807) is 0 Å². The van der Waals surface area contributed by atoms with E-state index in [4.69, 9.17) is 25.0 Å². The number of hydrogen-bond acceptors (Lipinski definition) is 6. The Morgan fingerprint density at radius 2 is 2.25 bits per heavy atom. The Labute approximate surface area is 115 Å². The van der Waals surface area contributed by atoms with E-state index in [1.165, 1.54) is 23.9 Å². The van der Waals surface area contributed by atoms with Crippen LogP contribution in [-0.2, 0) is 20.6 Å². The lowest BCUT2D eigenvalue weighted by Gasteiger charge is -2.18. The number of nitrogens with zero attached hydrogens (tertiary/aromatic N) is 2. The van der Waals surface area contributed by atoms with Gasteiger partial charge in [-0.25, -0.2) is 4.79 Å². The summed E-state index contributed by atoms with van der Waals surface area (Å²) in [4.78, 5) is 32.6. The van der Waals surface area contributed by atoms with Gasteiger partial charge in [-0.3, -0.25) is 9.13 Å². The van der Waals surface area contributed by atoms with Crippen molar-refractivity contribution in [1.29, 1.82) is 0 Å². The molecular weight excluding hydrogens is 289 g/mol. The Morgan fingerprint density at radius 3 is 2.80 bits per heavy atom. The van der Waals surface area contributed by atoms with Crippen molar-refractivity contribution in [3.63, 3.8) is 0 Å². The van der Waals surface area contributed by atoms with Gasteiger partial charge in [0, 0.05) is 13.3 Å². The van der Waals surface area contributed by atoms with Crippen LogP contribution in [0.4, 0.5) is 5.82 Å². The molecule has 1 rings (SSSR count). The fourth-order valence-corrected chi connectivity index (χ4v) is 1.82. The first-order valence-corrected chi connectivity index (χ1v) is 7.59. The molecule has 0 aromatic carbocycles. The molecule has 0 amide bonds. The molecule has 114 valence electrons. The number of hydrogen-bond donors (Lipinski definition) is 3. The number of aromatic nitrogens is 2. The molecule has 0 saturated carbocycles. The maximum atomic E-state index is 11.6. The first-order valence-electron chi connectivity index (χ1n) is 5.80. The van der Waals surface area contributed by atoms with Crippen molar-refractivity contribution in [2.24, 2.45) is 0 Å². The van der Waals surface area contributed by atoms with Crippen LogP contribution >= 0.6 is 7.60 Å². The van der Waals surface area contributed by atoms with Gasteiger partial charge >= 0.3 is 13.3 Å². The van der Waals surface area contributed by atoms with Crippen molar-refractivity contribution in [2.75, 3.05) is 32.2 Å². The molecule has 0 bridgehead atoms. The van der Waals surface area contributed by atoms with Gasteiger partial charge in [-0.2, -0.15) is 4.98 Å². The minimum absolute atomic E-state index is 0.122. The first kappa shape index (κ1) is 16.8. The third-order valence-corrected chi connectivity index (χ3v) is 3.15. The van der Waals surface area contributed by atoms with Crippen LogP contribution in [0.25, 0.3) is 0 Å². The average molecular weight is 307 g/mol. The Bertz CT molecular complexity index is 528. The van der Waals surface area contributed by atoms with E-state index in [2.05, 4.69) is 4.98 Å². The SMILES string of the molecule is COC[C@@H](Cn1ccc(N)nc1=O)OCCP(=O)(O)O. The standard InChI is InChI=1S/C10H18N3O6P/c1-18-7-8(19-4-5-20(15,16)17)6-13-3-2-9(11)12-10(13)14/h2-3,8H,4-7H2,1H3,(H2,11,12,14)(H2,15,16,17)/t8-/m1/s1. The van der Waals surface area contributed by atoms with Crippen LogP contribution in [0.3, 0.4) is 0 Å². The number of rotatable bonds is 8. The molecule has 0 unspecified atom stereocenters. The second kappa shape index (κ2) is 7.51. The van der Waals surface area contributed by atoms with Crippen molar-refractivity contribution < 1.29 is 23.8 Å². The highest BCUT2D eigenvalue weighted by atomic mass is 31.2. The number of nitrogen functional groups attached to an aromatic ring is 1. The third kappa shape index (κ3) is 6.27. The minimum atomic E-state index is -4.10. The Balaban J connectivity index is 2.62. The molecule has 0 fully saturated rings. The van der Waals surface area contributed by atoms with E-state index in [9.17, 15) is 9.36 Å². The average Bonchev–Trinajstić information content (AvgIpc) is 2.31. The fraction of sp³-hybridized carbons (Fsp3) is 0.600. The van der Waals surface area contributed by atoms with Gasteiger partial charge in [0.1, 0.15) is 5.82 Å². The molecule has 0 radical (unpaired) electrons. The van der Waals surface area contributed by atoms with E-state index in [0.29, 0.717) is 0 Å². The van der Waals surface area contributed by atoms with Gasteiger partial charge in [-0.15, -0.1) is 0 Å². The molecule has 10 heteroatoms. The second-order valence-corrected chi connectivity index (χ2v) is 5.90. The predicted molar refractivity (Wildman–Crippen MR) is 71.4 cm³/mol. The van der Waals surface area contributed by atoms with Crippen LogP contribution in [0, 0.1) is 0 Å². The Kier molecular flexibility index (Phi) is 6.31. The van der Waals surface area contributed by atoms with Crippen molar-refractivity contribution in [1.82, 2.24) is 9.55 Å². The largest absolute Gasteiger partial charge is 0.383 e. The number of methoxy groups -OCH3 is 1. The summed E-state index contributed by atoms with van der Waals surface area (Å²) in [6, 6.07) is 1.47.